The van der Waals surface area contributed by atoms with Gasteiger partial charge in [-0.25, -0.2) is 12.7 Å². The van der Waals surface area contributed by atoms with Gasteiger partial charge in [-0.05, 0) is 44.0 Å². The van der Waals surface area contributed by atoms with Crippen LogP contribution in [0.25, 0.3) is 16.9 Å². The van der Waals surface area contributed by atoms with Crippen LogP contribution in [-0.4, -0.2) is 57.8 Å². The highest BCUT2D eigenvalue weighted by Crippen LogP contribution is 2.24. The molecule has 4 rings (SSSR count). The maximum Gasteiger partial charge on any atom is 0.227 e. The lowest BCUT2D eigenvalue weighted by molar-refractivity contribution is -0.120. The van der Waals surface area contributed by atoms with Gasteiger partial charge in [0.1, 0.15) is 0 Å². The van der Waals surface area contributed by atoms with Crippen molar-refractivity contribution in [3.63, 3.8) is 0 Å². The molecule has 1 N–H and O–H groups in total. The van der Waals surface area contributed by atoms with Crippen molar-refractivity contribution in [2.75, 3.05) is 24.7 Å². The van der Waals surface area contributed by atoms with E-state index in [9.17, 15) is 13.2 Å². The fraction of sp³-hybridized carbons (Fsp3) is 0.368. The van der Waals surface area contributed by atoms with Crippen LogP contribution in [0.4, 0.5) is 5.69 Å². The number of anilines is 1. The van der Waals surface area contributed by atoms with E-state index >= 15 is 0 Å². The van der Waals surface area contributed by atoms with Gasteiger partial charge in [0.25, 0.3) is 0 Å². The standard InChI is InChI=1S/C19H22N6O3S/c1-13-21-22-18-7-6-17(23-25(13)18)15-4-3-5-16(12-15)20-19(26)14-8-10-24(11-9-14)29(2,27)28/h3-7,12,14H,8-11H2,1-2H3,(H,20,26). The van der Waals surface area contributed by atoms with Crippen molar-refractivity contribution >= 4 is 27.3 Å². The smallest absolute Gasteiger partial charge is 0.227 e. The molecule has 3 aromatic rings. The van der Waals surface area contributed by atoms with Gasteiger partial charge in [-0.15, -0.1) is 10.2 Å². The van der Waals surface area contributed by atoms with E-state index in [0.717, 1.165) is 11.3 Å². The van der Waals surface area contributed by atoms with Crippen molar-refractivity contribution in [3.8, 4) is 11.3 Å². The summed E-state index contributed by atoms with van der Waals surface area (Å²) in [6, 6.07) is 11.2. The number of nitrogens with zero attached hydrogens (tertiary/aromatic N) is 5. The van der Waals surface area contributed by atoms with Crippen LogP contribution < -0.4 is 5.32 Å². The second-order valence-corrected chi connectivity index (χ2v) is 9.22. The first-order chi connectivity index (χ1) is 13.8. The number of piperidine rings is 1. The monoisotopic (exact) mass is 414 g/mol. The molecule has 0 radical (unpaired) electrons. The third kappa shape index (κ3) is 4.13. The Hall–Kier alpha value is -2.85. The number of hydrogen-bond donors (Lipinski definition) is 1. The summed E-state index contributed by atoms with van der Waals surface area (Å²) in [5.41, 5.74) is 2.97. The topological polar surface area (TPSA) is 110 Å². The summed E-state index contributed by atoms with van der Waals surface area (Å²) in [5, 5.41) is 15.6. The van der Waals surface area contributed by atoms with E-state index in [4.69, 9.17) is 0 Å². The molecular formula is C19H22N6O3S. The third-order valence-electron chi connectivity index (χ3n) is 5.14. The molecule has 29 heavy (non-hydrogen) atoms. The van der Waals surface area contributed by atoms with Gasteiger partial charge >= 0.3 is 0 Å². The summed E-state index contributed by atoms with van der Waals surface area (Å²) < 4.78 is 26.3. The van der Waals surface area contributed by atoms with Crippen LogP contribution >= 0.6 is 0 Å². The maximum absolute atomic E-state index is 12.6. The molecule has 1 aliphatic heterocycles. The first-order valence-corrected chi connectivity index (χ1v) is 11.2. The Morgan fingerprint density at radius 1 is 1.14 bits per heavy atom. The molecule has 1 saturated heterocycles. The molecule has 10 heteroatoms. The molecule has 1 aliphatic rings. The van der Waals surface area contributed by atoms with Gasteiger partial charge in [0, 0.05) is 30.3 Å². The normalized spacial score (nSPS) is 16.2. The number of amides is 1. The molecular weight excluding hydrogens is 392 g/mol. The van der Waals surface area contributed by atoms with Crippen molar-refractivity contribution in [1.29, 1.82) is 0 Å². The summed E-state index contributed by atoms with van der Waals surface area (Å²) in [5.74, 6) is 0.408. The number of benzene rings is 1. The fourth-order valence-electron chi connectivity index (χ4n) is 3.50. The Morgan fingerprint density at radius 2 is 1.90 bits per heavy atom. The summed E-state index contributed by atoms with van der Waals surface area (Å²) in [6.07, 6.45) is 2.24. The molecule has 1 fully saturated rings. The molecule has 0 unspecified atom stereocenters. The zero-order chi connectivity index (χ0) is 20.6. The minimum Gasteiger partial charge on any atom is -0.326 e. The van der Waals surface area contributed by atoms with E-state index < -0.39 is 10.0 Å². The van der Waals surface area contributed by atoms with Gasteiger partial charge in [-0.3, -0.25) is 4.79 Å². The number of nitrogens with one attached hydrogen (secondary N) is 1. The van der Waals surface area contributed by atoms with Crippen molar-refractivity contribution in [1.82, 2.24) is 24.1 Å². The summed E-state index contributed by atoms with van der Waals surface area (Å²) >= 11 is 0. The Labute approximate surface area is 168 Å². The van der Waals surface area contributed by atoms with Crippen LogP contribution in [0.5, 0.6) is 0 Å². The van der Waals surface area contributed by atoms with Crippen molar-refractivity contribution in [2.24, 2.45) is 5.92 Å². The van der Waals surface area contributed by atoms with Crippen molar-refractivity contribution < 1.29 is 13.2 Å². The minimum atomic E-state index is -3.20. The Bertz CT molecular complexity index is 1170. The van der Waals surface area contributed by atoms with Crippen LogP contribution in [0.2, 0.25) is 0 Å². The van der Waals surface area contributed by atoms with E-state index in [1.165, 1.54) is 10.6 Å². The van der Waals surface area contributed by atoms with E-state index in [2.05, 4.69) is 20.6 Å². The third-order valence-corrected chi connectivity index (χ3v) is 6.44. The number of hydrogen-bond acceptors (Lipinski definition) is 6. The summed E-state index contributed by atoms with van der Waals surface area (Å²) in [6.45, 7) is 2.58. The minimum absolute atomic E-state index is 0.0895. The molecule has 1 aromatic carbocycles. The SMILES string of the molecule is Cc1nnc2ccc(-c3cccc(NC(=O)C4CCN(S(C)(=O)=O)CC4)c3)nn12. The molecule has 0 saturated carbocycles. The lowest BCUT2D eigenvalue weighted by Gasteiger charge is -2.29. The quantitative estimate of drug-likeness (QED) is 0.696. The molecule has 0 spiro atoms. The van der Waals surface area contributed by atoms with Gasteiger partial charge in [-0.1, -0.05) is 12.1 Å². The van der Waals surface area contributed by atoms with Crippen LogP contribution in [-0.2, 0) is 14.8 Å². The van der Waals surface area contributed by atoms with E-state index in [1.807, 2.05) is 43.3 Å². The maximum atomic E-state index is 12.6. The molecule has 9 nitrogen and oxygen atoms in total. The Kier molecular flexibility index (Phi) is 5.05. The lowest BCUT2D eigenvalue weighted by Crippen LogP contribution is -2.40. The first kappa shape index (κ1) is 19.5. The predicted octanol–water partition coefficient (Wildman–Crippen LogP) is 1.71. The Balaban J connectivity index is 1.47. The van der Waals surface area contributed by atoms with E-state index in [1.54, 1.807) is 4.52 Å². The van der Waals surface area contributed by atoms with Gasteiger partial charge in [0.2, 0.25) is 15.9 Å². The number of aryl methyl sites for hydroxylation is 1. The Morgan fingerprint density at radius 3 is 2.62 bits per heavy atom. The number of carbonyl (C=O) groups is 1. The predicted molar refractivity (Wildman–Crippen MR) is 109 cm³/mol. The number of sulfonamides is 1. The molecule has 3 heterocycles. The molecule has 0 aliphatic carbocycles. The fourth-order valence-corrected chi connectivity index (χ4v) is 4.37. The number of aromatic nitrogens is 4. The highest BCUT2D eigenvalue weighted by atomic mass is 32.2. The lowest BCUT2D eigenvalue weighted by atomic mass is 9.97. The van der Waals surface area contributed by atoms with Crippen molar-refractivity contribution in [3.05, 3.63) is 42.2 Å². The van der Waals surface area contributed by atoms with Crippen molar-refractivity contribution in [2.45, 2.75) is 19.8 Å². The highest BCUT2D eigenvalue weighted by Gasteiger charge is 2.28. The zero-order valence-electron chi connectivity index (χ0n) is 16.2. The van der Waals surface area contributed by atoms with Gasteiger partial charge in [-0.2, -0.15) is 9.61 Å². The zero-order valence-corrected chi connectivity index (χ0v) is 17.1. The molecule has 0 atom stereocenters. The largest absolute Gasteiger partial charge is 0.326 e. The molecule has 152 valence electrons. The molecule has 1 amide bonds. The number of carbonyl (C=O) groups excluding carboxylic acids is 1. The van der Waals surface area contributed by atoms with Gasteiger partial charge in [0.05, 0.1) is 11.9 Å². The first-order valence-electron chi connectivity index (χ1n) is 9.37. The summed E-state index contributed by atoms with van der Waals surface area (Å²) in [4.78, 5) is 12.6. The van der Waals surface area contributed by atoms with Crippen LogP contribution in [0.3, 0.4) is 0 Å². The van der Waals surface area contributed by atoms with Crippen LogP contribution in [0, 0.1) is 12.8 Å². The van der Waals surface area contributed by atoms with E-state index in [-0.39, 0.29) is 11.8 Å². The van der Waals surface area contributed by atoms with Crippen LogP contribution in [0.1, 0.15) is 18.7 Å². The average molecular weight is 414 g/mol. The average Bonchev–Trinajstić information content (AvgIpc) is 3.08. The van der Waals surface area contributed by atoms with Gasteiger partial charge < -0.3 is 5.32 Å². The number of rotatable bonds is 4. The highest BCUT2D eigenvalue weighted by molar-refractivity contribution is 7.88. The van der Waals surface area contributed by atoms with Gasteiger partial charge in [0.15, 0.2) is 11.5 Å². The van der Waals surface area contributed by atoms with E-state index in [0.29, 0.717) is 43.1 Å². The second kappa shape index (κ2) is 7.53. The summed E-state index contributed by atoms with van der Waals surface area (Å²) in [7, 11) is -3.20. The second-order valence-electron chi connectivity index (χ2n) is 7.24. The molecule has 2 aromatic heterocycles. The van der Waals surface area contributed by atoms with Crippen LogP contribution in [0.15, 0.2) is 36.4 Å². The number of fused-ring (bicyclic) bond motifs is 1. The molecule has 0 bridgehead atoms.